The molecule has 0 unspecified atom stereocenters. The van der Waals surface area contributed by atoms with Gasteiger partial charge >= 0.3 is 0 Å². The van der Waals surface area contributed by atoms with E-state index in [0.29, 0.717) is 13.2 Å². The number of carbonyl (C=O) groups excluding carboxylic acids is 1. The Morgan fingerprint density at radius 1 is 1.27 bits per heavy atom. The van der Waals surface area contributed by atoms with Gasteiger partial charge in [-0.25, -0.2) is 0 Å². The first-order valence-electron chi connectivity index (χ1n) is 5.36. The minimum absolute atomic E-state index is 0.0159. The van der Waals surface area contributed by atoms with E-state index in [-0.39, 0.29) is 11.5 Å². The summed E-state index contributed by atoms with van der Waals surface area (Å²) in [6, 6.07) is 0. The molecule has 4 heteroatoms. The monoisotopic (exact) mass is 216 g/mol. The molecule has 90 valence electrons. The van der Waals surface area contributed by atoms with Crippen LogP contribution in [0.2, 0.25) is 0 Å². The van der Waals surface area contributed by atoms with E-state index in [0.717, 1.165) is 0 Å². The summed E-state index contributed by atoms with van der Waals surface area (Å²) in [5.74, 6) is -0.0159. The van der Waals surface area contributed by atoms with Crippen LogP contribution in [0.25, 0.3) is 0 Å². The van der Waals surface area contributed by atoms with Gasteiger partial charge in [0.2, 0.25) is 5.91 Å². The molecular formula is C11H24N2O2. The summed E-state index contributed by atoms with van der Waals surface area (Å²) < 4.78 is 5.49. The second-order valence-corrected chi connectivity index (χ2v) is 4.75. The Labute approximate surface area is 92.8 Å². The van der Waals surface area contributed by atoms with Gasteiger partial charge in [-0.2, -0.15) is 0 Å². The first kappa shape index (κ1) is 14.4. The van der Waals surface area contributed by atoms with Gasteiger partial charge in [0.05, 0.1) is 11.1 Å². The Bertz CT molecular complexity index is 213. The first-order valence-corrected chi connectivity index (χ1v) is 5.36. The van der Waals surface area contributed by atoms with Gasteiger partial charge in [0, 0.05) is 13.2 Å². The van der Waals surface area contributed by atoms with Crippen LogP contribution in [0.1, 0.15) is 34.6 Å². The molecule has 1 amide bonds. The average Bonchev–Trinajstić information content (AvgIpc) is 2.14. The second-order valence-electron chi connectivity index (χ2n) is 4.75. The van der Waals surface area contributed by atoms with Gasteiger partial charge in [-0.15, -0.1) is 0 Å². The third kappa shape index (κ3) is 5.14. The number of nitrogens with one attached hydrogen (secondary N) is 2. The highest BCUT2D eigenvalue weighted by Crippen LogP contribution is 2.08. The van der Waals surface area contributed by atoms with Gasteiger partial charge in [0.25, 0.3) is 0 Å². The molecule has 0 aliphatic rings. The molecule has 0 aromatic carbocycles. The van der Waals surface area contributed by atoms with Crippen LogP contribution >= 0.6 is 0 Å². The van der Waals surface area contributed by atoms with Crippen LogP contribution in [0.5, 0.6) is 0 Å². The van der Waals surface area contributed by atoms with Gasteiger partial charge < -0.3 is 15.4 Å². The van der Waals surface area contributed by atoms with Gasteiger partial charge in [-0.05, 0) is 41.7 Å². The third-order valence-corrected chi connectivity index (χ3v) is 2.40. The van der Waals surface area contributed by atoms with E-state index in [1.165, 1.54) is 0 Å². The Balaban J connectivity index is 4.11. The van der Waals surface area contributed by atoms with Gasteiger partial charge in [-0.1, -0.05) is 0 Å². The van der Waals surface area contributed by atoms with Crippen molar-refractivity contribution >= 4 is 5.91 Å². The normalized spacial score (nSPS) is 12.7. The highest BCUT2D eigenvalue weighted by atomic mass is 16.5. The lowest BCUT2D eigenvalue weighted by atomic mass is 10.0. The van der Waals surface area contributed by atoms with Crippen molar-refractivity contribution in [2.24, 2.45) is 0 Å². The van der Waals surface area contributed by atoms with Gasteiger partial charge in [0.15, 0.2) is 0 Å². The molecule has 0 aliphatic heterocycles. The summed E-state index contributed by atoms with van der Waals surface area (Å²) in [6.07, 6.45) is 0. The molecule has 0 fully saturated rings. The van der Waals surface area contributed by atoms with Crippen molar-refractivity contribution in [3.63, 3.8) is 0 Å². The quantitative estimate of drug-likeness (QED) is 0.694. The fourth-order valence-corrected chi connectivity index (χ4v) is 1.07. The average molecular weight is 216 g/mol. The van der Waals surface area contributed by atoms with Crippen molar-refractivity contribution in [1.29, 1.82) is 0 Å². The Morgan fingerprint density at radius 2 is 1.80 bits per heavy atom. The third-order valence-electron chi connectivity index (χ3n) is 2.40. The zero-order valence-corrected chi connectivity index (χ0v) is 10.7. The molecule has 2 N–H and O–H groups in total. The molecular weight excluding hydrogens is 192 g/mol. The Kier molecular flexibility index (Phi) is 5.24. The van der Waals surface area contributed by atoms with Crippen LogP contribution in [0, 0.1) is 0 Å². The highest BCUT2D eigenvalue weighted by Gasteiger charge is 2.27. The van der Waals surface area contributed by atoms with Crippen LogP contribution in [0.4, 0.5) is 0 Å². The Hall–Kier alpha value is -0.610. The maximum atomic E-state index is 11.7. The Morgan fingerprint density at radius 3 is 2.20 bits per heavy atom. The molecule has 0 spiro atoms. The smallest absolute Gasteiger partial charge is 0.239 e. The molecule has 0 saturated carbocycles. The standard InChI is InChI=1S/C11H24N2O2/c1-7-15-10(2,3)8-13-9(14)11(4,5)12-6/h12H,7-8H2,1-6H3,(H,13,14). The van der Waals surface area contributed by atoms with Crippen LogP contribution in [0.15, 0.2) is 0 Å². The molecule has 0 heterocycles. The van der Waals surface area contributed by atoms with Gasteiger partial charge in [-0.3, -0.25) is 4.79 Å². The first-order chi connectivity index (χ1) is 6.75. The minimum Gasteiger partial charge on any atom is -0.374 e. The molecule has 0 radical (unpaired) electrons. The maximum Gasteiger partial charge on any atom is 0.239 e. The number of hydrogen-bond donors (Lipinski definition) is 2. The molecule has 0 aliphatic carbocycles. The van der Waals surface area contributed by atoms with E-state index >= 15 is 0 Å². The SMILES string of the molecule is CCOC(C)(C)CNC(=O)C(C)(C)NC. The van der Waals surface area contributed by atoms with Crippen molar-refractivity contribution in [2.45, 2.75) is 45.8 Å². The fourth-order valence-electron chi connectivity index (χ4n) is 1.07. The number of ether oxygens (including phenoxy) is 1. The lowest BCUT2D eigenvalue weighted by Crippen LogP contribution is -2.53. The summed E-state index contributed by atoms with van der Waals surface area (Å²) in [6.45, 7) is 10.7. The summed E-state index contributed by atoms with van der Waals surface area (Å²) in [5, 5.41) is 5.83. The van der Waals surface area contributed by atoms with Crippen LogP contribution in [-0.4, -0.2) is 37.2 Å². The number of rotatable bonds is 6. The van der Waals surface area contributed by atoms with Gasteiger partial charge in [0.1, 0.15) is 0 Å². The molecule has 0 rings (SSSR count). The van der Waals surface area contributed by atoms with Crippen molar-refractivity contribution in [3.05, 3.63) is 0 Å². The number of likely N-dealkylation sites (N-methyl/N-ethyl adjacent to an activating group) is 1. The molecule has 0 saturated heterocycles. The molecule has 0 aromatic heterocycles. The topological polar surface area (TPSA) is 50.4 Å². The predicted molar refractivity (Wildman–Crippen MR) is 61.9 cm³/mol. The van der Waals surface area contributed by atoms with Crippen LogP contribution in [-0.2, 0) is 9.53 Å². The maximum absolute atomic E-state index is 11.7. The fraction of sp³-hybridized carbons (Fsp3) is 0.909. The van der Waals surface area contributed by atoms with E-state index in [4.69, 9.17) is 4.74 Å². The van der Waals surface area contributed by atoms with Crippen LogP contribution in [0.3, 0.4) is 0 Å². The largest absolute Gasteiger partial charge is 0.374 e. The molecule has 4 nitrogen and oxygen atoms in total. The van der Waals surface area contributed by atoms with E-state index < -0.39 is 5.54 Å². The van der Waals surface area contributed by atoms with Crippen LogP contribution < -0.4 is 10.6 Å². The number of amides is 1. The van der Waals surface area contributed by atoms with E-state index in [1.807, 2.05) is 34.6 Å². The number of hydrogen-bond acceptors (Lipinski definition) is 3. The molecule has 15 heavy (non-hydrogen) atoms. The van der Waals surface area contributed by atoms with E-state index in [1.54, 1.807) is 7.05 Å². The molecule has 0 bridgehead atoms. The molecule has 0 atom stereocenters. The van der Waals surface area contributed by atoms with Crippen molar-refractivity contribution in [3.8, 4) is 0 Å². The highest BCUT2D eigenvalue weighted by molar-refractivity contribution is 5.85. The second kappa shape index (κ2) is 5.47. The summed E-state index contributed by atoms with van der Waals surface area (Å²) >= 11 is 0. The zero-order chi connectivity index (χ0) is 12.1. The van der Waals surface area contributed by atoms with E-state index in [2.05, 4.69) is 10.6 Å². The minimum atomic E-state index is -0.539. The van der Waals surface area contributed by atoms with Crippen molar-refractivity contribution in [1.82, 2.24) is 10.6 Å². The lowest BCUT2D eigenvalue weighted by Gasteiger charge is -2.28. The van der Waals surface area contributed by atoms with Crippen molar-refractivity contribution < 1.29 is 9.53 Å². The summed E-state index contributed by atoms with van der Waals surface area (Å²) in [4.78, 5) is 11.7. The number of carbonyl (C=O) groups is 1. The zero-order valence-electron chi connectivity index (χ0n) is 10.7. The van der Waals surface area contributed by atoms with Crippen molar-refractivity contribution in [2.75, 3.05) is 20.2 Å². The summed E-state index contributed by atoms with van der Waals surface area (Å²) in [5.41, 5.74) is -0.851. The predicted octanol–water partition coefficient (Wildman–Crippen LogP) is 0.916. The van der Waals surface area contributed by atoms with E-state index in [9.17, 15) is 4.79 Å². The molecule has 0 aromatic rings. The lowest BCUT2D eigenvalue weighted by molar-refractivity contribution is -0.127. The summed E-state index contributed by atoms with van der Waals surface area (Å²) in [7, 11) is 1.77.